The third kappa shape index (κ3) is 4.07. The fourth-order valence-corrected chi connectivity index (χ4v) is 4.01. The van der Waals surface area contributed by atoms with Crippen molar-refractivity contribution in [2.24, 2.45) is 5.92 Å². The van der Waals surface area contributed by atoms with Crippen LogP contribution in [0, 0.1) is 24.2 Å². The maximum absolute atomic E-state index is 12.6. The number of carbonyl (C=O) groups excluding carboxylic acids is 1. The smallest absolute Gasteiger partial charge is 0.223 e. The van der Waals surface area contributed by atoms with E-state index in [0.29, 0.717) is 12.1 Å². The summed E-state index contributed by atoms with van der Waals surface area (Å²) in [6.07, 6.45) is 3.22. The van der Waals surface area contributed by atoms with Gasteiger partial charge in [-0.2, -0.15) is 5.26 Å². The van der Waals surface area contributed by atoms with Crippen LogP contribution in [0.25, 0.3) is 10.9 Å². The topological polar surface area (TPSA) is 69.0 Å². The van der Waals surface area contributed by atoms with E-state index >= 15 is 0 Å². The van der Waals surface area contributed by atoms with Gasteiger partial charge in [0.1, 0.15) is 6.07 Å². The zero-order valence-electron chi connectivity index (χ0n) is 16.6. The third-order valence-corrected chi connectivity index (χ3v) is 5.61. The van der Waals surface area contributed by atoms with Gasteiger partial charge < -0.3 is 10.2 Å². The molecule has 1 aliphatic heterocycles. The fraction of sp³-hybridized carbons (Fsp3) is 0.292. The summed E-state index contributed by atoms with van der Waals surface area (Å²) in [4.78, 5) is 19.3. The van der Waals surface area contributed by atoms with Crippen LogP contribution in [0.5, 0.6) is 0 Å². The molecule has 2 aromatic carbocycles. The van der Waals surface area contributed by atoms with Crippen LogP contribution in [0.2, 0.25) is 0 Å². The van der Waals surface area contributed by atoms with Gasteiger partial charge in [0.05, 0.1) is 16.8 Å². The number of pyridine rings is 1. The Labute approximate surface area is 171 Å². The van der Waals surface area contributed by atoms with Gasteiger partial charge in [-0.25, -0.2) is 0 Å². The number of nitrogens with one attached hydrogen (secondary N) is 1. The van der Waals surface area contributed by atoms with Crippen LogP contribution < -0.4 is 10.2 Å². The zero-order valence-corrected chi connectivity index (χ0v) is 16.6. The van der Waals surface area contributed by atoms with Gasteiger partial charge in [0.2, 0.25) is 5.91 Å². The maximum Gasteiger partial charge on any atom is 0.223 e. The first-order valence-corrected chi connectivity index (χ1v) is 10.0. The van der Waals surface area contributed by atoms with Crippen LogP contribution in [0.1, 0.15) is 29.5 Å². The second-order valence-corrected chi connectivity index (χ2v) is 7.62. The summed E-state index contributed by atoms with van der Waals surface area (Å²) < 4.78 is 0. The Bertz CT molecular complexity index is 1060. The van der Waals surface area contributed by atoms with Gasteiger partial charge in [0.25, 0.3) is 0 Å². The van der Waals surface area contributed by atoms with E-state index in [9.17, 15) is 10.1 Å². The minimum Gasteiger partial charge on any atom is -0.370 e. The summed E-state index contributed by atoms with van der Waals surface area (Å²) in [5.41, 5.74) is 4.69. The molecule has 1 aliphatic rings. The van der Waals surface area contributed by atoms with Crippen LogP contribution in [0.15, 0.2) is 54.7 Å². The van der Waals surface area contributed by atoms with Crippen LogP contribution in [-0.4, -0.2) is 24.0 Å². The minimum absolute atomic E-state index is 0.00957. The van der Waals surface area contributed by atoms with E-state index in [2.05, 4.69) is 27.3 Å². The van der Waals surface area contributed by atoms with Crippen molar-refractivity contribution in [1.82, 2.24) is 10.3 Å². The van der Waals surface area contributed by atoms with E-state index < -0.39 is 0 Å². The largest absolute Gasteiger partial charge is 0.370 e. The molecule has 0 aliphatic carbocycles. The standard InChI is InChI=1S/C24H24N4O/c1-17-7-8-22-21(13-17)23(20(14-25)16-26-22)28-11-9-19(10-12-28)24(29)27-15-18-5-3-2-4-6-18/h2-8,13,16,19H,9-12,15H2,1H3,(H,27,29). The molecule has 4 rings (SSSR count). The summed E-state index contributed by atoms with van der Waals surface area (Å²) in [5, 5.41) is 13.7. The highest BCUT2D eigenvalue weighted by Crippen LogP contribution is 2.33. The average Bonchev–Trinajstić information content (AvgIpc) is 2.77. The van der Waals surface area contributed by atoms with E-state index in [1.54, 1.807) is 6.20 Å². The molecule has 0 unspecified atom stereocenters. The number of hydrogen-bond donors (Lipinski definition) is 1. The number of rotatable bonds is 4. The number of nitrogens with zero attached hydrogens (tertiary/aromatic N) is 3. The van der Waals surface area contributed by atoms with Crippen molar-refractivity contribution in [3.63, 3.8) is 0 Å². The number of amides is 1. The van der Waals surface area contributed by atoms with Crippen LogP contribution >= 0.6 is 0 Å². The van der Waals surface area contributed by atoms with E-state index in [1.165, 1.54) is 0 Å². The van der Waals surface area contributed by atoms with Gasteiger partial charge in [-0.15, -0.1) is 0 Å². The second kappa shape index (κ2) is 8.32. The van der Waals surface area contributed by atoms with Gasteiger partial charge in [0, 0.05) is 37.1 Å². The SMILES string of the molecule is Cc1ccc2ncc(C#N)c(N3CCC(C(=O)NCc4ccccc4)CC3)c2c1. The van der Waals surface area contributed by atoms with E-state index in [-0.39, 0.29) is 11.8 Å². The average molecular weight is 384 g/mol. The molecule has 29 heavy (non-hydrogen) atoms. The Morgan fingerprint density at radius 2 is 1.97 bits per heavy atom. The van der Waals surface area contributed by atoms with Crippen molar-refractivity contribution in [3.8, 4) is 6.07 Å². The van der Waals surface area contributed by atoms with E-state index in [1.807, 2.05) is 49.4 Å². The molecule has 1 amide bonds. The number of benzene rings is 2. The number of carbonyl (C=O) groups is 1. The Balaban J connectivity index is 1.46. The molecule has 2 heterocycles. The number of aryl methyl sites for hydroxylation is 1. The maximum atomic E-state index is 12.6. The fourth-order valence-electron chi connectivity index (χ4n) is 4.01. The van der Waals surface area contributed by atoms with Crippen LogP contribution in [-0.2, 0) is 11.3 Å². The molecule has 0 bridgehead atoms. The molecule has 0 spiro atoms. The van der Waals surface area contributed by atoms with E-state index in [0.717, 1.165) is 53.6 Å². The quantitative estimate of drug-likeness (QED) is 0.740. The molecule has 5 nitrogen and oxygen atoms in total. The number of piperidine rings is 1. The van der Waals surface area contributed by atoms with Crippen molar-refractivity contribution in [2.75, 3.05) is 18.0 Å². The lowest BCUT2D eigenvalue weighted by Crippen LogP contribution is -2.40. The Kier molecular flexibility index (Phi) is 5.44. The molecule has 0 saturated carbocycles. The summed E-state index contributed by atoms with van der Waals surface area (Å²) in [6.45, 7) is 4.12. The lowest BCUT2D eigenvalue weighted by molar-refractivity contribution is -0.125. The lowest BCUT2D eigenvalue weighted by atomic mass is 9.94. The summed E-state index contributed by atoms with van der Waals surface area (Å²) in [6, 6.07) is 18.4. The molecule has 3 aromatic rings. The number of anilines is 1. The number of hydrogen-bond acceptors (Lipinski definition) is 4. The van der Waals surface area contributed by atoms with Gasteiger partial charge in [-0.1, -0.05) is 42.0 Å². The molecule has 1 fully saturated rings. The minimum atomic E-state index is 0.00957. The molecule has 1 saturated heterocycles. The highest BCUT2D eigenvalue weighted by molar-refractivity contribution is 5.95. The highest BCUT2D eigenvalue weighted by Gasteiger charge is 2.27. The van der Waals surface area contributed by atoms with Gasteiger partial charge >= 0.3 is 0 Å². The Morgan fingerprint density at radius 1 is 1.21 bits per heavy atom. The van der Waals surface area contributed by atoms with Crippen LogP contribution in [0.3, 0.4) is 0 Å². The van der Waals surface area contributed by atoms with Crippen molar-refractivity contribution < 1.29 is 4.79 Å². The first-order chi connectivity index (χ1) is 14.2. The molecule has 0 radical (unpaired) electrons. The first kappa shape index (κ1) is 18.9. The Morgan fingerprint density at radius 3 is 2.69 bits per heavy atom. The van der Waals surface area contributed by atoms with Crippen molar-refractivity contribution in [1.29, 1.82) is 5.26 Å². The molecule has 1 aromatic heterocycles. The number of aromatic nitrogens is 1. The monoisotopic (exact) mass is 384 g/mol. The summed E-state index contributed by atoms with van der Waals surface area (Å²) >= 11 is 0. The molecular formula is C24H24N4O. The number of fused-ring (bicyclic) bond motifs is 1. The number of nitriles is 1. The van der Waals surface area contributed by atoms with Gasteiger partial charge in [-0.05, 0) is 37.5 Å². The van der Waals surface area contributed by atoms with Crippen LogP contribution in [0.4, 0.5) is 5.69 Å². The third-order valence-electron chi connectivity index (χ3n) is 5.61. The summed E-state index contributed by atoms with van der Waals surface area (Å²) in [5.74, 6) is 0.125. The predicted molar refractivity (Wildman–Crippen MR) is 114 cm³/mol. The molecular weight excluding hydrogens is 360 g/mol. The van der Waals surface area contributed by atoms with Gasteiger partial charge in [0.15, 0.2) is 0 Å². The molecule has 146 valence electrons. The zero-order chi connectivity index (χ0) is 20.2. The summed E-state index contributed by atoms with van der Waals surface area (Å²) in [7, 11) is 0. The molecule has 5 heteroatoms. The first-order valence-electron chi connectivity index (χ1n) is 10.0. The normalized spacial score (nSPS) is 14.6. The van der Waals surface area contributed by atoms with Gasteiger partial charge in [-0.3, -0.25) is 9.78 Å². The molecule has 1 N–H and O–H groups in total. The highest BCUT2D eigenvalue weighted by atomic mass is 16.1. The molecule has 0 atom stereocenters. The van der Waals surface area contributed by atoms with Crippen molar-refractivity contribution in [3.05, 3.63) is 71.4 Å². The van der Waals surface area contributed by atoms with E-state index in [4.69, 9.17) is 0 Å². The second-order valence-electron chi connectivity index (χ2n) is 7.62. The lowest BCUT2D eigenvalue weighted by Gasteiger charge is -2.34. The Hall–Kier alpha value is -3.39. The van der Waals surface area contributed by atoms with Crippen molar-refractivity contribution in [2.45, 2.75) is 26.3 Å². The predicted octanol–water partition coefficient (Wildman–Crippen LogP) is 3.95. The van der Waals surface area contributed by atoms with Crippen molar-refractivity contribution >= 4 is 22.5 Å².